The lowest BCUT2D eigenvalue weighted by atomic mass is 9.95. The molecule has 4 aromatic rings. The molecule has 0 saturated heterocycles. The van der Waals surface area contributed by atoms with Crippen LogP contribution in [0, 0.1) is 15.9 Å². The molecule has 0 saturated carbocycles. The highest BCUT2D eigenvalue weighted by Crippen LogP contribution is 2.44. The molecule has 1 N–H and O–H groups in total. The Morgan fingerprint density at radius 3 is 2.73 bits per heavy atom. The van der Waals surface area contributed by atoms with E-state index in [0.717, 1.165) is 16.2 Å². The molecule has 0 radical (unpaired) electrons. The first kappa shape index (κ1) is 24.3. The van der Waals surface area contributed by atoms with Crippen molar-refractivity contribution in [1.82, 2.24) is 10.2 Å². The number of hydrogen-bond acceptors (Lipinski definition) is 10. The number of halogens is 1. The van der Waals surface area contributed by atoms with Gasteiger partial charge in [-0.15, -0.1) is 10.2 Å². The van der Waals surface area contributed by atoms with Crippen LogP contribution in [-0.4, -0.2) is 31.9 Å². The van der Waals surface area contributed by atoms with Crippen LogP contribution in [0.15, 0.2) is 87.0 Å². The quantitative estimate of drug-likeness (QED) is 0.105. The van der Waals surface area contributed by atoms with E-state index in [1.807, 2.05) is 0 Å². The van der Waals surface area contributed by atoms with Gasteiger partial charge in [0, 0.05) is 17.9 Å². The lowest BCUT2D eigenvalue weighted by molar-refractivity contribution is -0.384. The number of ketones is 1. The number of benzene rings is 2. The second kappa shape index (κ2) is 9.95. The number of carbonyl (C=O) groups is 2. The SMILES string of the molecule is O=C(C1=C(O)C(=O)N(c2nnc(SCc3ccccc3F)s2)C1c1cccc([N+](=O)[O-])c1)c1ccco1. The summed E-state index contributed by atoms with van der Waals surface area (Å²) in [5.41, 5.74) is 0.0922. The average molecular weight is 539 g/mol. The fraction of sp³-hybridized carbons (Fsp3) is 0.0833. The number of nitro benzene ring substituents is 1. The van der Waals surface area contributed by atoms with E-state index in [2.05, 4.69) is 10.2 Å². The molecule has 13 heteroatoms. The van der Waals surface area contributed by atoms with Crippen LogP contribution in [-0.2, 0) is 10.5 Å². The minimum atomic E-state index is -1.23. The van der Waals surface area contributed by atoms with Crippen LogP contribution >= 0.6 is 23.1 Å². The molecule has 2 aromatic carbocycles. The lowest BCUT2D eigenvalue weighted by Gasteiger charge is -2.23. The minimum Gasteiger partial charge on any atom is -0.503 e. The number of aliphatic hydroxyl groups is 1. The highest BCUT2D eigenvalue weighted by Gasteiger charge is 2.47. The van der Waals surface area contributed by atoms with Gasteiger partial charge in [0.1, 0.15) is 5.82 Å². The number of furan rings is 1. The maximum absolute atomic E-state index is 14.0. The molecular formula is C24H15FN4O6S2. The molecule has 186 valence electrons. The zero-order valence-electron chi connectivity index (χ0n) is 18.6. The number of nitrogens with zero attached hydrogens (tertiary/aromatic N) is 4. The first-order valence-corrected chi connectivity index (χ1v) is 12.4. The van der Waals surface area contributed by atoms with Crippen LogP contribution in [0.3, 0.4) is 0 Å². The molecule has 3 heterocycles. The Labute approximate surface area is 216 Å². The Morgan fingerprint density at radius 1 is 1.19 bits per heavy atom. The summed E-state index contributed by atoms with van der Waals surface area (Å²) in [6.45, 7) is 0. The van der Waals surface area contributed by atoms with Crippen LogP contribution in [0.2, 0.25) is 0 Å². The maximum Gasteiger partial charge on any atom is 0.296 e. The fourth-order valence-electron chi connectivity index (χ4n) is 3.81. The summed E-state index contributed by atoms with van der Waals surface area (Å²) in [6.07, 6.45) is 1.27. The lowest BCUT2D eigenvalue weighted by Crippen LogP contribution is -2.31. The van der Waals surface area contributed by atoms with Gasteiger partial charge in [0.15, 0.2) is 15.9 Å². The Kier molecular flexibility index (Phi) is 6.54. The zero-order chi connectivity index (χ0) is 26.1. The number of amides is 1. The van der Waals surface area contributed by atoms with Crippen LogP contribution in [0.4, 0.5) is 15.2 Å². The van der Waals surface area contributed by atoms with Gasteiger partial charge in [-0.3, -0.25) is 24.6 Å². The number of rotatable bonds is 8. The summed E-state index contributed by atoms with van der Waals surface area (Å²) < 4.78 is 19.6. The minimum absolute atomic E-state index is 0.0475. The maximum atomic E-state index is 14.0. The van der Waals surface area contributed by atoms with E-state index >= 15 is 0 Å². The molecule has 1 aliphatic rings. The third-order valence-electron chi connectivity index (χ3n) is 5.51. The Morgan fingerprint density at radius 2 is 2.00 bits per heavy atom. The zero-order valence-corrected chi connectivity index (χ0v) is 20.2. The topological polar surface area (TPSA) is 140 Å². The molecular weight excluding hydrogens is 523 g/mol. The third-order valence-corrected chi connectivity index (χ3v) is 7.61. The molecule has 37 heavy (non-hydrogen) atoms. The molecule has 0 bridgehead atoms. The Balaban J connectivity index is 1.53. The summed E-state index contributed by atoms with van der Waals surface area (Å²) in [6, 6.07) is 13.3. The molecule has 1 unspecified atom stereocenters. The van der Waals surface area contributed by atoms with Gasteiger partial charge in [-0.05, 0) is 29.3 Å². The number of thioether (sulfide) groups is 1. The molecule has 0 spiro atoms. The number of Topliss-reactive ketones (excluding diaryl/α,β-unsaturated/α-hetero) is 1. The molecule has 0 aliphatic carbocycles. The van der Waals surface area contributed by atoms with E-state index in [-0.39, 0.29) is 39.3 Å². The van der Waals surface area contributed by atoms with E-state index in [1.54, 1.807) is 18.2 Å². The van der Waals surface area contributed by atoms with Crippen molar-refractivity contribution in [1.29, 1.82) is 0 Å². The highest BCUT2D eigenvalue weighted by molar-refractivity contribution is 8.00. The Bertz CT molecular complexity index is 1550. The number of carbonyl (C=O) groups excluding carboxylic acids is 2. The van der Waals surface area contributed by atoms with Crippen LogP contribution in [0.5, 0.6) is 0 Å². The standard InChI is InChI=1S/C24H15FN4O6S2/c25-16-8-2-1-5-14(16)12-36-24-27-26-23(37-24)28-19(13-6-3-7-15(11-13)29(33)34)18(21(31)22(28)32)20(30)17-9-4-10-35-17/h1-11,19,31H,12H2. The summed E-state index contributed by atoms with van der Waals surface area (Å²) in [5.74, 6) is -2.73. The first-order chi connectivity index (χ1) is 17.8. The molecule has 0 fully saturated rings. The van der Waals surface area contributed by atoms with Crippen molar-refractivity contribution in [2.75, 3.05) is 4.90 Å². The van der Waals surface area contributed by atoms with Crippen molar-refractivity contribution >= 4 is 45.6 Å². The van der Waals surface area contributed by atoms with Crippen LogP contribution in [0.1, 0.15) is 27.7 Å². The number of hydrogen-bond donors (Lipinski definition) is 1. The van der Waals surface area contributed by atoms with Gasteiger partial charge < -0.3 is 9.52 Å². The first-order valence-electron chi connectivity index (χ1n) is 10.6. The van der Waals surface area contributed by atoms with Crippen molar-refractivity contribution in [2.24, 2.45) is 0 Å². The Hall–Kier alpha value is -4.36. The van der Waals surface area contributed by atoms with Crippen molar-refractivity contribution in [3.63, 3.8) is 0 Å². The fourth-order valence-corrected chi connectivity index (χ4v) is 5.67. The average Bonchev–Trinajstić information content (AvgIpc) is 3.64. The van der Waals surface area contributed by atoms with E-state index in [9.17, 15) is 29.2 Å². The van der Waals surface area contributed by atoms with Gasteiger partial charge in [0.25, 0.3) is 11.6 Å². The van der Waals surface area contributed by atoms with Gasteiger partial charge in [-0.25, -0.2) is 4.39 Å². The van der Waals surface area contributed by atoms with Crippen molar-refractivity contribution in [3.05, 3.63) is 111 Å². The normalized spacial score (nSPS) is 15.4. The van der Waals surface area contributed by atoms with Crippen molar-refractivity contribution in [2.45, 2.75) is 16.1 Å². The van der Waals surface area contributed by atoms with Gasteiger partial charge in [0.2, 0.25) is 10.9 Å². The van der Waals surface area contributed by atoms with Gasteiger partial charge in [0.05, 0.1) is 22.8 Å². The molecule has 5 rings (SSSR count). The van der Waals surface area contributed by atoms with Gasteiger partial charge >= 0.3 is 0 Å². The van der Waals surface area contributed by atoms with E-state index < -0.39 is 28.4 Å². The second-order valence-electron chi connectivity index (χ2n) is 7.73. The van der Waals surface area contributed by atoms with E-state index in [0.29, 0.717) is 9.90 Å². The molecule has 1 aliphatic heterocycles. The molecule has 10 nitrogen and oxygen atoms in total. The smallest absolute Gasteiger partial charge is 0.296 e. The highest BCUT2D eigenvalue weighted by atomic mass is 32.2. The summed E-state index contributed by atoms with van der Waals surface area (Å²) in [4.78, 5) is 38.3. The van der Waals surface area contributed by atoms with E-state index in [4.69, 9.17) is 4.42 Å². The van der Waals surface area contributed by atoms with Gasteiger partial charge in [-0.1, -0.05) is 53.4 Å². The molecule has 1 atom stereocenters. The summed E-state index contributed by atoms with van der Waals surface area (Å²) >= 11 is 2.20. The predicted molar refractivity (Wildman–Crippen MR) is 132 cm³/mol. The summed E-state index contributed by atoms with van der Waals surface area (Å²) in [7, 11) is 0. The van der Waals surface area contributed by atoms with Crippen LogP contribution < -0.4 is 4.90 Å². The van der Waals surface area contributed by atoms with E-state index in [1.165, 1.54) is 60.5 Å². The second-order valence-corrected chi connectivity index (χ2v) is 9.91. The number of non-ortho nitro benzene ring substituents is 1. The molecule has 1 amide bonds. The van der Waals surface area contributed by atoms with Crippen molar-refractivity contribution < 1.29 is 28.4 Å². The van der Waals surface area contributed by atoms with Crippen LogP contribution in [0.25, 0.3) is 0 Å². The summed E-state index contributed by atoms with van der Waals surface area (Å²) in [5, 5.41) is 30.3. The number of anilines is 1. The molecule has 2 aromatic heterocycles. The number of nitro groups is 1. The monoisotopic (exact) mass is 538 g/mol. The number of aromatic nitrogens is 2. The largest absolute Gasteiger partial charge is 0.503 e. The predicted octanol–water partition coefficient (Wildman–Crippen LogP) is 5.25. The number of aliphatic hydroxyl groups excluding tert-OH is 1. The van der Waals surface area contributed by atoms with Gasteiger partial charge in [-0.2, -0.15) is 0 Å². The third kappa shape index (κ3) is 4.61. The van der Waals surface area contributed by atoms with Crippen molar-refractivity contribution in [3.8, 4) is 0 Å².